The van der Waals surface area contributed by atoms with Gasteiger partial charge in [0.25, 0.3) is 5.91 Å². The van der Waals surface area contributed by atoms with Gasteiger partial charge in [0, 0.05) is 18.7 Å². The van der Waals surface area contributed by atoms with Gasteiger partial charge in [0.2, 0.25) is 0 Å². The van der Waals surface area contributed by atoms with Crippen LogP contribution in [-0.4, -0.2) is 30.2 Å². The second kappa shape index (κ2) is 9.55. The first-order valence-electron chi connectivity index (χ1n) is 9.80. The van der Waals surface area contributed by atoms with E-state index in [-0.39, 0.29) is 17.1 Å². The van der Waals surface area contributed by atoms with Crippen LogP contribution >= 0.6 is 12.2 Å². The second-order valence-corrected chi connectivity index (χ2v) is 7.39. The molecule has 1 fully saturated rings. The molecule has 1 saturated heterocycles. The SMILES string of the molecule is CC[C@@H](C)Oc1cccc(C(=O)NC(=S)Nc2ccccc2N2CCCC2)c1. The van der Waals surface area contributed by atoms with Gasteiger partial charge in [-0.2, -0.15) is 0 Å². The van der Waals surface area contributed by atoms with Crippen LogP contribution in [0.1, 0.15) is 43.5 Å². The number of hydrogen-bond donors (Lipinski definition) is 2. The van der Waals surface area contributed by atoms with Crippen molar-refractivity contribution in [3.8, 4) is 5.75 Å². The maximum absolute atomic E-state index is 12.6. The first-order valence-corrected chi connectivity index (χ1v) is 10.2. The van der Waals surface area contributed by atoms with Crippen LogP contribution in [0.5, 0.6) is 5.75 Å². The van der Waals surface area contributed by atoms with Crippen LogP contribution in [0.4, 0.5) is 11.4 Å². The zero-order valence-corrected chi connectivity index (χ0v) is 17.2. The molecule has 0 saturated carbocycles. The van der Waals surface area contributed by atoms with E-state index in [2.05, 4.69) is 28.5 Å². The summed E-state index contributed by atoms with van der Waals surface area (Å²) in [4.78, 5) is 14.9. The standard InChI is InChI=1S/C22H27N3O2S/c1-3-16(2)27-18-10-8-9-17(15-18)21(26)24-22(28)23-19-11-4-5-12-20(19)25-13-6-7-14-25/h4-5,8-12,15-16H,3,6-7,13-14H2,1-2H3,(H2,23,24,26,28)/t16-/m1/s1. The van der Waals surface area contributed by atoms with Crippen molar-refractivity contribution in [2.75, 3.05) is 23.3 Å². The van der Waals surface area contributed by atoms with E-state index in [1.54, 1.807) is 12.1 Å². The highest BCUT2D eigenvalue weighted by atomic mass is 32.1. The minimum Gasteiger partial charge on any atom is -0.491 e. The molecular formula is C22H27N3O2S. The number of hydrogen-bond acceptors (Lipinski definition) is 4. The highest BCUT2D eigenvalue weighted by Crippen LogP contribution is 2.28. The van der Waals surface area contributed by atoms with Crippen LogP contribution in [0.15, 0.2) is 48.5 Å². The number of ether oxygens (including phenoxy) is 1. The van der Waals surface area contributed by atoms with Crippen molar-refractivity contribution in [1.29, 1.82) is 0 Å². The lowest BCUT2D eigenvalue weighted by Crippen LogP contribution is -2.34. The molecule has 1 aliphatic heterocycles. The van der Waals surface area contributed by atoms with Crippen molar-refractivity contribution >= 4 is 34.6 Å². The molecule has 1 aliphatic rings. The van der Waals surface area contributed by atoms with Gasteiger partial charge in [0.15, 0.2) is 5.11 Å². The summed E-state index contributed by atoms with van der Waals surface area (Å²) in [6.45, 7) is 6.15. The van der Waals surface area contributed by atoms with E-state index >= 15 is 0 Å². The molecule has 0 radical (unpaired) electrons. The molecule has 0 aliphatic carbocycles. The third-order valence-electron chi connectivity index (χ3n) is 4.83. The number of carbonyl (C=O) groups is 1. The molecule has 6 heteroatoms. The van der Waals surface area contributed by atoms with Crippen LogP contribution in [0.3, 0.4) is 0 Å². The van der Waals surface area contributed by atoms with Crippen molar-refractivity contribution in [1.82, 2.24) is 5.32 Å². The Balaban J connectivity index is 1.64. The number of para-hydroxylation sites is 2. The largest absolute Gasteiger partial charge is 0.491 e. The van der Waals surface area contributed by atoms with E-state index in [0.717, 1.165) is 30.9 Å². The Morgan fingerprint density at radius 2 is 1.93 bits per heavy atom. The quantitative estimate of drug-likeness (QED) is 0.698. The molecule has 1 atom stereocenters. The lowest BCUT2D eigenvalue weighted by Gasteiger charge is -2.22. The van der Waals surface area contributed by atoms with Crippen LogP contribution in [-0.2, 0) is 0 Å². The number of thiocarbonyl (C=S) groups is 1. The van der Waals surface area contributed by atoms with Crippen molar-refractivity contribution in [2.24, 2.45) is 0 Å². The van der Waals surface area contributed by atoms with Gasteiger partial charge < -0.3 is 15.0 Å². The summed E-state index contributed by atoms with van der Waals surface area (Å²) in [5, 5.41) is 6.22. The summed E-state index contributed by atoms with van der Waals surface area (Å²) in [5.41, 5.74) is 2.53. The van der Waals surface area contributed by atoms with Gasteiger partial charge in [0.1, 0.15) is 5.75 Å². The van der Waals surface area contributed by atoms with Crippen LogP contribution in [0.25, 0.3) is 0 Å². The number of benzene rings is 2. The average Bonchev–Trinajstić information content (AvgIpc) is 3.23. The molecule has 28 heavy (non-hydrogen) atoms. The van der Waals surface area contributed by atoms with Gasteiger partial charge in [-0.05, 0) is 68.7 Å². The Morgan fingerprint density at radius 3 is 2.68 bits per heavy atom. The second-order valence-electron chi connectivity index (χ2n) is 6.98. The van der Waals surface area contributed by atoms with Gasteiger partial charge in [0.05, 0.1) is 17.5 Å². The van der Waals surface area contributed by atoms with E-state index in [9.17, 15) is 4.79 Å². The highest BCUT2D eigenvalue weighted by Gasteiger charge is 2.16. The fraction of sp³-hybridized carbons (Fsp3) is 0.364. The molecule has 3 rings (SSSR count). The zero-order chi connectivity index (χ0) is 19.9. The van der Waals surface area contributed by atoms with Gasteiger partial charge in [-0.15, -0.1) is 0 Å². The van der Waals surface area contributed by atoms with Crippen molar-refractivity contribution < 1.29 is 9.53 Å². The number of anilines is 2. The molecule has 0 bridgehead atoms. The van der Waals surface area contributed by atoms with Gasteiger partial charge in [-0.1, -0.05) is 25.1 Å². The van der Waals surface area contributed by atoms with Gasteiger partial charge in [-0.25, -0.2) is 0 Å². The predicted molar refractivity (Wildman–Crippen MR) is 118 cm³/mol. The lowest BCUT2D eigenvalue weighted by atomic mass is 10.2. The molecule has 0 aromatic heterocycles. The first-order chi connectivity index (χ1) is 13.6. The molecule has 1 amide bonds. The Morgan fingerprint density at radius 1 is 1.18 bits per heavy atom. The summed E-state index contributed by atoms with van der Waals surface area (Å²) in [5.74, 6) is 0.422. The van der Waals surface area contributed by atoms with Crippen molar-refractivity contribution in [2.45, 2.75) is 39.2 Å². The zero-order valence-electron chi connectivity index (χ0n) is 16.4. The summed E-state index contributed by atoms with van der Waals surface area (Å²) in [7, 11) is 0. The van der Waals surface area contributed by atoms with Gasteiger partial charge >= 0.3 is 0 Å². The predicted octanol–water partition coefficient (Wildman–Crippen LogP) is 4.59. The minimum absolute atomic E-state index is 0.100. The Bertz CT molecular complexity index is 834. The number of amides is 1. The fourth-order valence-corrected chi connectivity index (χ4v) is 3.37. The molecule has 2 aromatic rings. The summed E-state index contributed by atoms with van der Waals surface area (Å²) in [6.07, 6.45) is 3.40. The molecule has 5 nitrogen and oxygen atoms in total. The van der Waals surface area contributed by atoms with E-state index in [1.807, 2.05) is 37.3 Å². The molecule has 0 unspecified atom stereocenters. The van der Waals surface area contributed by atoms with E-state index in [4.69, 9.17) is 17.0 Å². The first kappa shape index (κ1) is 20.1. The van der Waals surface area contributed by atoms with E-state index < -0.39 is 0 Å². The Kier molecular flexibility index (Phi) is 6.87. The third-order valence-corrected chi connectivity index (χ3v) is 5.04. The Hall–Kier alpha value is -2.60. The number of rotatable bonds is 6. The Labute approximate surface area is 172 Å². The molecule has 148 valence electrons. The normalized spacial score (nSPS) is 14.4. The summed E-state index contributed by atoms with van der Waals surface area (Å²) >= 11 is 5.38. The maximum Gasteiger partial charge on any atom is 0.257 e. The summed E-state index contributed by atoms with van der Waals surface area (Å²) < 4.78 is 5.79. The number of nitrogens with zero attached hydrogens (tertiary/aromatic N) is 1. The van der Waals surface area contributed by atoms with Gasteiger partial charge in [-0.3, -0.25) is 10.1 Å². The molecule has 0 spiro atoms. The molecule has 2 N–H and O–H groups in total. The fourth-order valence-electron chi connectivity index (χ4n) is 3.17. The molecule has 2 aromatic carbocycles. The average molecular weight is 398 g/mol. The number of carbonyl (C=O) groups excluding carboxylic acids is 1. The molecular weight excluding hydrogens is 370 g/mol. The van der Waals surface area contributed by atoms with Crippen LogP contribution in [0.2, 0.25) is 0 Å². The smallest absolute Gasteiger partial charge is 0.257 e. The van der Waals surface area contributed by atoms with Crippen molar-refractivity contribution in [3.63, 3.8) is 0 Å². The maximum atomic E-state index is 12.6. The number of nitrogens with one attached hydrogen (secondary N) is 2. The monoisotopic (exact) mass is 397 g/mol. The minimum atomic E-state index is -0.259. The lowest BCUT2D eigenvalue weighted by molar-refractivity contribution is 0.0977. The molecule has 1 heterocycles. The van der Waals surface area contributed by atoms with E-state index in [0.29, 0.717) is 11.3 Å². The highest BCUT2D eigenvalue weighted by molar-refractivity contribution is 7.80. The van der Waals surface area contributed by atoms with Crippen LogP contribution in [0, 0.1) is 0 Å². The van der Waals surface area contributed by atoms with E-state index in [1.165, 1.54) is 12.8 Å². The van der Waals surface area contributed by atoms with Crippen molar-refractivity contribution in [3.05, 3.63) is 54.1 Å². The third kappa shape index (κ3) is 5.23. The topological polar surface area (TPSA) is 53.6 Å². The summed E-state index contributed by atoms with van der Waals surface area (Å²) in [6, 6.07) is 15.2. The van der Waals surface area contributed by atoms with Crippen LogP contribution < -0.4 is 20.3 Å².